The maximum atomic E-state index is 12.3. The molecule has 0 bridgehead atoms. The fourth-order valence-corrected chi connectivity index (χ4v) is 2.70. The SMILES string of the molecule is Cc1noc(-c2ccc3c(c2)C(C)(C)C(=O)N3C)c1N. The molecule has 5 nitrogen and oxygen atoms in total. The number of hydrogen-bond donors (Lipinski definition) is 1. The van der Waals surface area contributed by atoms with Crippen LogP contribution < -0.4 is 10.6 Å². The summed E-state index contributed by atoms with van der Waals surface area (Å²) in [5, 5.41) is 3.87. The van der Waals surface area contributed by atoms with Crippen molar-refractivity contribution in [3.8, 4) is 11.3 Å². The van der Waals surface area contributed by atoms with Crippen molar-refractivity contribution < 1.29 is 9.32 Å². The molecule has 1 aliphatic heterocycles. The molecule has 20 heavy (non-hydrogen) atoms. The number of aromatic nitrogens is 1. The summed E-state index contributed by atoms with van der Waals surface area (Å²) in [6.07, 6.45) is 0. The summed E-state index contributed by atoms with van der Waals surface area (Å²) in [5.74, 6) is 0.648. The average molecular weight is 271 g/mol. The van der Waals surface area contributed by atoms with Crippen LogP contribution in [0.15, 0.2) is 22.7 Å². The largest absolute Gasteiger partial charge is 0.394 e. The van der Waals surface area contributed by atoms with Crippen LogP contribution in [-0.2, 0) is 10.2 Å². The fourth-order valence-electron chi connectivity index (χ4n) is 2.70. The number of fused-ring (bicyclic) bond motifs is 1. The zero-order valence-electron chi connectivity index (χ0n) is 12.0. The van der Waals surface area contributed by atoms with E-state index < -0.39 is 5.41 Å². The van der Waals surface area contributed by atoms with Gasteiger partial charge in [-0.1, -0.05) is 5.16 Å². The molecule has 1 aromatic carbocycles. The maximum Gasteiger partial charge on any atom is 0.236 e. The van der Waals surface area contributed by atoms with Gasteiger partial charge in [-0.25, -0.2) is 0 Å². The second-order valence-corrected chi connectivity index (χ2v) is 5.73. The lowest BCUT2D eigenvalue weighted by atomic mass is 9.85. The van der Waals surface area contributed by atoms with E-state index in [0.717, 1.165) is 16.8 Å². The van der Waals surface area contributed by atoms with E-state index in [1.807, 2.05) is 32.0 Å². The van der Waals surface area contributed by atoms with Crippen molar-refractivity contribution in [2.75, 3.05) is 17.7 Å². The molecular weight excluding hydrogens is 254 g/mol. The number of nitrogens with zero attached hydrogens (tertiary/aromatic N) is 2. The zero-order valence-corrected chi connectivity index (χ0v) is 12.0. The molecule has 104 valence electrons. The Hall–Kier alpha value is -2.30. The van der Waals surface area contributed by atoms with Gasteiger partial charge in [-0.05, 0) is 44.5 Å². The number of benzene rings is 1. The molecule has 1 amide bonds. The van der Waals surface area contributed by atoms with E-state index in [9.17, 15) is 4.79 Å². The normalized spacial score (nSPS) is 16.6. The highest BCUT2D eigenvalue weighted by Crippen LogP contribution is 2.43. The summed E-state index contributed by atoms with van der Waals surface area (Å²) >= 11 is 0. The molecule has 1 aliphatic rings. The number of anilines is 2. The molecule has 0 radical (unpaired) electrons. The van der Waals surface area contributed by atoms with E-state index >= 15 is 0 Å². The molecular formula is C15H17N3O2. The molecule has 0 saturated carbocycles. The molecule has 2 aromatic rings. The van der Waals surface area contributed by atoms with Crippen molar-refractivity contribution >= 4 is 17.3 Å². The first-order chi connectivity index (χ1) is 9.34. The average Bonchev–Trinajstić information content (AvgIpc) is 2.83. The third-order valence-corrected chi connectivity index (χ3v) is 4.04. The Morgan fingerprint density at radius 2 is 2.05 bits per heavy atom. The molecule has 5 heteroatoms. The van der Waals surface area contributed by atoms with E-state index in [0.29, 0.717) is 17.1 Å². The molecule has 0 unspecified atom stereocenters. The number of aryl methyl sites for hydroxylation is 1. The van der Waals surface area contributed by atoms with Crippen LogP contribution in [0.25, 0.3) is 11.3 Å². The predicted octanol–water partition coefficient (Wildman–Crippen LogP) is 2.49. The van der Waals surface area contributed by atoms with Gasteiger partial charge in [0.15, 0.2) is 5.76 Å². The maximum absolute atomic E-state index is 12.3. The number of nitrogen functional groups attached to an aromatic ring is 1. The van der Waals surface area contributed by atoms with E-state index in [4.69, 9.17) is 10.3 Å². The van der Waals surface area contributed by atoms with Crippen LogP contribution in [0.3, 0.4) is 0 Å². The van der Waals surface area contributed by atoms with Gasteiger partial charge in [0.05, 0.1) is 5.41 Å². The molecule has 1 aromatic heterocycles. The van der Waals surface area contributed by atoms with Crippen molar-refractivity contribution in [2.24, 2.45) is 0 Å². The first-order valence-electron chi connectivity index (χ1n) is 6.49. The number of likely N-dealkylation sites (N-methyl/N-ethyl adjacent to an activating group) is 1. The van der Waals surface area contributed by atoms with Gasteiger partial charge in [0.2, 0.25) is 5.91 Å². The van der Waals surface area contributed by atoms with Gasteiger partial charge >= 0.3 is 0 Å². The van der Waals surface area contributed by atoms with Crippen LogP contribution >= 0.6 is 0 Å². The third kappa shape index (κ3) is 1.49. The van der Waals surface area contributed by atoms with E-state index in [2.05, 4.69) is 5.16 Å². The minimum atomic E-state index is -0.538. The van der Waals surface area contributed by atoms with Crippen LogP contribution in [-0.4, -0.2) is 18.1 Å². The van der Waals surface area contributed by atoms with E-state index in [1.165, 1.54) is 0 Å². The number of rotatable bonds is 1. The van der Waals surface area contributed by atoms with Gasteiger partial charge in [0, 0.05) is 18.3 Å². The summed E-state index contributed by atoms with van der Waals surface area (Å²) in [6, 6.07) is 5.79. The van der Waals surface area contributed by atoms with Crippen LogP contribution in [0, 0.1) is 6.92 Å². The topological polar surface area (TPSA) is 72.4 Å². The van der Waals surface area contributed by atoms with Gasteiger partial charge in [-0.2, -0.15) is 0 Å². The fraction of sp³-hybridized carbons (Fsp3) is 0.333. The molecule has 2 heterocycles. The lowest BCUT2D eigenvalue weighted by Gasteiger charge is -2.16. The molecule has 0 aliphatic carbocycles. The minimum absolute atomic E-state index is 0.0892. The van der Waals surface area contributed by atoms with Crippen molar-refractivity contribution in [1.29, 1.82) is 0 Å². The van der Waals surface area contributed by atoms with Gasteiger partial charge in [0.25, 0.3) is 0 Å². The Bertz CT molecular complexity index is 716. The van der Waals surface area contributed by atoms with E-state index in [1.54, 1.807) is 18.9 Å². The molecule has 0 fully saturated rings. The summed E-state index contributed by atoms with van der Waals surface area (Å²) < 4.78 is 5.29. The van der Waals surface area contributed by atoms with Gasteiger partial charge in [-0.3, -0.25) is 4.79 Å². The lowest BCUT2D eigenvalue weighted by Crippen LogP contribution is -2.33. The van der Waals surface area contributed by atoms with Crippen LogP contribution in [0.2, 0.25) is 0 Å². The Labute approximate surface area is 117 Å². The molecule has 0 atom stereocenters. The molecule has 2 N–H and O–H groups in total. The van der Waals surface area contributed by atoms with Crippen LogP contribution in [0.5, 0.6) is 0 Å². The summed E-state index contributed by atoms with van der Waals surface area (Å²) in [7, 11) is 1.79. The van der Waals surface area contributed by atoms with Crippen LogP contribution in [0.1, 0.15) is 25.1 Å². The first kappa shape index (κ1) is 12.7. The van der Waals surface area contributed by atoms with Gasteiger partial charge in [0.1, 0.15) is 11.4 Å². The number of nitrogens with two attached hydrogens (primary N) is 1. The Balaban J connectivity index is 2.19. The van der Waals surface area contributed by atoms with Crippen LogP contribution in [0.4, 0.5) is 11.4 Å². The third-order valence-electron chi connectivity index (χ3n) is 4.04. The highest BCUT2D eigenvalue weighted by Gasteiger charge is 2.42. The van der Waals surface area contributed by atoms with Gasteiger partial charge < -0.3 is 15.2 Å². The van der Waals surface area contributed by atoms with Crippen molar-refractivity contribution in [3.63, 3.8) is 0 Å². The number of amides is 1. The predicted molar refractivity (Wildman–Crippen MR) is 77.5 cm³/mol. The summed E-state index contributed by atoms with van der Waals surface area (Å²) in [5.41, 5.74) is 9.40. The van der Waals surface area contributed by atoms with Crippen molar-refractivity contribution in [3.05, 3.63) is 29.5 Å². The molecule has 0 spiro atoms. The molecule has 0 saturated heterocycles. The Morgan fingerprint density at radius 1 is 1.35 bits per heavy atom. The number of carbonyl (C=O) groups is 1. The highest BCUT2D eigenvalue weighted by molar-refractivity contribution is 6.07. The second kappa shape index (κ2) is 3.85. The first-order valence-corrected chi connectivity index (χ1v) is 6.49. The number of carbonyl (C=O) groups excluding carboxylic acids is 1. The molecule has 3 rings (SSSR count). The van der Waals surface area contributed by atoms with Crippen molar-refractivity contribution in [1.82, 2.24) is 5.16 Å². The quantitative estimate of drug-likeness (QED) is 0.864. The minimum Gasteiger partial charge on any atom is -0.394 e. The van der Waals surface area contributed by atoms with Crippen molar-refractivity contribution in [2.45, 2.75) is 26.2 Å². The number of hydrogen-bond acceptors (Lipinski definition) is 4. The Morgan fingerprint density at radius 3 is 2.65 bits per heavy atom. The monoisotopic (exact) mass is 271 g/mol. The second-order valence-electron chi connectivity index (χ2n) is 5.73. The Kier molecular flexibility index (Phi) is 2.45. The van der Waals surface area contributed by atoms with E-state index in [-0.39, 0.29) is 5.91 Å². The highest BCUT2D eigenvalue weighted by atomic mass is 16.5. The summed E-state index contributed by atoms with van der Waals surface area (Å²) in [6.45, 7) is 5.66. The zero-order chi connectivity index (χ0) is 14.7. The standard InChI is InChI=1S/C15H17N3O2/c1-8-12(16)13(20-17-8)9-5-6-11-10(7-9)15(2,3)14(19)18(11)4/h5-7H,16H2,1-4H3. The van der Waals surface area contributed by atoms with Gasteiger partial charge in [-0.15, -0.1) is 0 Å². The smallest absolute Gasteiger partial charge is 0.236 e. The lowest BCUT2D eigenvalue weighted by molar-refractivity contribution is -0.121. The summed E-state index contributed by atoms with van der Waals surface area (Å²) in [4.78, 5) is 14.0.